The lowest BCUT2D eigenvalue weighted by molar-refractivity contribution is 0.204. The van der Waals surface area contributed by atoms with Crippen molar-refractivity contribution in [1.82, 2.24) is 5.32 Å². The zero-order valence-electron chi connectivity index (χ0n) is 12.1. The second-order valence-electron chi connectivity index (χ2n) is 3.79. The zero-order valence-corrected chi connectivity index (χ0v) is 12.9. The van der Waals surface area contributed by atoms with Crippen molar-refractivity contribution in [2.75, 3.05) is 46.9 Å². The van der Waals surface area contributed by atoms with Crippen LogP contribution in [0, 0.1) is 0 Å². The normalized spacial score (nSPS) is 9.80. The number of methoxy groups -OCH3 is 4. The molecular formula is C13H20N2O4S. The Labute approximate surface area is 124 Å². The lowest BCUT2D eigenvalue weighted by Crippen LogP contribution is -2.31. The molecule has 6 nitrogen and oxygen atoms in total. The van der Waals surface area contributed by atoms with E-state index in [4.69, 9.17) is 31.2 Å². The topological polar surface area (TPSA) is 61.0 Å². The number of thiocarbonyl (C=S) groups is 1. The van der Waals surface area contributed by atoms with Gasteiger partial charge in [-0.2, -0.15) is 0 Å². The predicted octanol–water partition coefficient (Wildman–Crippen LogP) is 1.65. The highest BCUT2D eigenvalue weighted by Gasteiger charge is 2.13. The van der Waals surface area contributed by atoms with E-state index in [0.717, 1.165) is 5.69 Å². The summed E-state index contributed by atoms with van der Waals surface area (Å²) < 4.78 is 20.7. The SMILES string of the molecule is COCCNC(=S)Nc1cc(OC)c(OC)c(OC)c1. The van der Waals surface area contributed by atoms with Crippen LogP contribution in [0.3, 0.4) is 0 Å². The summed E-state index contributed by atoms with van der Waals surface area (Å²) in [5.41, 5.74) is 0.745. The second kappa shape index (κ2) is 8.44. The van der Waals surface area contributed by atoms with Crippen molar-refractivity contribution in [3.05, 3.63) is 12.1 Å². The predicted molar refractivity (Wildman–Crippen MR) is 82.2 cm³/mol. The van der Waals surface area contributed by atoms with Gasteiger partial charge in [-0.25, -0.2) is 0 Å². The van der Waals surface area contributed by atoms with Crippen LogP contribution in [0.4, 0.5) is 5.69 Å². The fraction of sp³-hybridized carbons (Fsp3) is 0.462. The summed E-state index contributed by atoms with van der Waals surface area (Å²) in [4.78, 5) is 0. The molecule has 112 valence electrons. The average Bonchev–Trinajstić information content (AvgIpc) is 2.46. The van der Waals surface area contributed by atoms with Crippen LogP contribution in [0.25, 0.3) is 0 Å². The van der Waals surface area contributed by atoms with Gasteiger partial charge in [-0.05, 0) is 12.2 Å². The Balaban J connectivity index is 2.82. The molecule has 2 N–H and O–H groups in total. The fourth-order valence-electron chi connectivity index (χ4n) is 1.60. The monoisotopic (exact) mass is 300 g/mol. The minimum Gasteiger partial charge on any atom is -0.493 e. The van der Waals surface area contributed by atoms with E-state index in [1.165, 1.54) is 0 Å². The van der Waals surface area contributed by atoms with Crippen LogP contribution < -0.4 is 24.8 Å². The Kier molecular flexibility index (Phi) is 6.89. The summed E-state index contributed by atoms with van der Waals surface area (Å²) in [6, 6.07) is 3.57. The van der Waals surface area contributed by atoms with Gasteiger partial charge in [-0.1, -0.05) is 0 Å². The minimum atomic E-state index is 0.497. The number of hydrogen-bond acceptors (Lipinski definition) is 5. The number of hydrogen-bond donors (Lipinski definition) is 2. The van der Waals surface area contributed by atoms with Crippen LogP contribution in [0.5, 0.6) is 17.2 Å². The lowest BCUT2D eigenvalue weighted by atomic mass is 10.2. The summed E-state index contributed by atoms with van der Waals surface area (Å²) in [5, 5.41) is 6.57. The van der Waals surface area contributed by atoms with E-state index in [1.807, 2.05) is 0 Å². The third kappa shape index (κ3) is 4.43. The van der Waals surface area contributed by atoms with Gasteiger partial charge in [0.1, 0.15) is 0 Å². The largest absolute Gasteiger partial charge is 0.493 e. The summed E-state index contributed by atoms with van der Waals surface area (Å²) in [7, 11) is 6.33. The Morgan fingerprint density at radius 2 is 1.65 bits per heavy atom. The van der Waals surface area contributed by atoms with Crippen LogP contribution >= 0.6 is 12.2 Å². The molecule has 0 aliphatic heterocycles. The van der Waals surface area contributed by atoms with Crippen molar-refractivity contribution in [3.8, 4) is 17.2 Å². The molecule has 1 rings (SSSR count). The Morgan fingerprint density at radius 1 is 1.05 bits per heavy atom. The fourth-order valence-corrected chi connectivity index (χ4v) is 1.82. The van der Waals surface area contributed by atoms with Crippen molar-refractivity contribution in [3.63, 3.8) is 0 Å². The van der Waals surface area contributed by atoms with Gasteiger partial charge in [-0.3, -0.25) is 0 Å². The molecule has 7 heteroatoms. The highest BCUT2D eigenvalue weighted by Crippen LogP contribution is 2.39. The molecule has 0 aliphatic rings. The number of rotatable bonds is 7. The van der Waals surface area contributed by atoms with Crippen molar-refractivity contribution in [2.24, 2.45) is 0 Å². The van der Waals surface area contributed by atoms with Gasteiger partial charge in [0.05, 0.1) is 27.9 Å². The number of nitrogens with one attached hydrogen (secondary N) is 2. The summed E-state index contributed by atoms with van der Waals surface area (Å²) in [6.45, 7) is 1.21. The molecule has 0 spiro atoms. The number of anilines is 1. The van der Waals surface area contributed by atoms with Gasteiger partial charge in [-0.15, -0.1) is 0 Å². The maximum Gasteiger partial charge on any atom is 0.203 e. The third-order valence-electron chi connectivity index (χ3n) is 2.51. The van der Waals surface area contributed by atoms with Crippen LogP contribution in [0.2, 0.25) is 0 Å². The summed E-state index contributed by atoms with van der Waals surface area (Å²) in [5.74, 6) is 1.67. The Bertz CT molecular complexity index is 429. The molecule has 20 heavy (non-hydrogen) atoms. The molecular weight excluding hydrogens is 280 g/mol. The first-order chi connectivity index (χ1) is 9.65. The van der Waals surface area contributed by atoms with Crippen LogP contribution in [-0.4, -0.2) is 46.7 Å². The maximum absolute atomic E-state index is 5.27. The van der Waals surface area contributed by atoms with E-state index in [0.29, 0.717) is 35.5 Å². The van der Waals surface area contributed by atoms with E-state index in [-0.39, 0.29) is 0 Å². The Hall–Kier alpha value is -1.73. The molecule has 0 fully saturated rings. The molecule has 1 aromatic rings. The van der Waals surface area contributed by atoms with Crippen molar-refractivity contribution in [1.29, 1.82) is 0 Å². The van der Waals surface area contributed by atoms with E-state index in [1.54, 1.807) is 40.6 Å². The van der Waals surface area contributed by atoms with Gasteiger partial charge in [0.15, 0.2) is 16.6 Å². The smallest absolute Gasteiger partial charge is 0.203 e. The number of ether oxygens (including phenoxy) is 4. The van der Waals surface area contributed by atoms with Crippen LogP contribution in [0.1, 0.15) is 0 Å². The lowest BCUT2D eigenvalue weighted by Gasteiger charge is -2.15. The van der Waals surface area contributed by atoms with Crippen molar-refractivity contribution >= 4 is 23.0 Å². The molecule has 0 bridgehead atoms. The molecule has 1 aromatic carbocycles. The van der Waals surface area contributed by atoms with Crippen molar-refractivity contribution in [2.45, 2.75) is 0 Å². The van der Waals surface area contributed by atoms with Gasteiger partial charge in [0, 0.05) is 31.5 Å². The highest BCUT2D eigenvalue weighted by atomic mass is 32.1. The third-order valence-corrected chi connectivity index (χ3v) is 2.76. The molecule has 0 aromatic heterocycles. The summed E-state index contributed by atoms with van der Waals surface area (Å²) >= 11 is 5.18. The first-order valence-corrected chi connectivity index (χ1v) is 6.40. The zero-order chi connectivity index (χ0) is 15.0. The van der Waals surface area contributed by atoms with Gasteiger partial charge in [0.2, 0.25) is 5.75 Å². The van der Waals surface area contributed by atoms with Gasteiger partial charge in [0.25, 0.3) is 0 Å². The van der Waals surface area contributed by atoms with Gasteiger partial charge >= 0.3 is 0 Å². The highest BCUT2D eigenvalue weighted by molar-refractivity contribution is 7.80. The van der Waals surface area contributed by atoms with Crippen LogP contribution in [0.15, 0.2) is 12.1 Å². The standard InChI is InChI=1S/C13H20N2O4S/c1-16-6-5-14-13(20)15-9-7-10(17-2)12(19-4)11(8-9)18-3/h7-8H,5-6H2,1-4H3,(H2,14,15,20). The molecule has 0 amide bonds. The van der Waals surface area contributed by atoms with Crippen molar-refractivity contribution < 1.29 is 18.9 Å². The first kappa shape index (κ1) is 16.3. The van der Waals surface area contributed by atoms with Gasteiger partial charge < -0.3 is 29.6 Å². The average molecular weight is 300 g/mol. The Morgan fingerprint density at radius 3 is 2.10 bits per heavy atom. The molecule has 0 atom stereocenters. The van der Waals surface area contributed by atoms with E-state index < -0.39 is 0 Å². The van der Waals surface area contributed by atoms with Crippen LogP contribution in [-0.2, 0) is 4.74 Å². The molecule has 0 aliphatic carbocycles. The molecule has 0 radical (unpaired) electrons. The quantitative estimate of drug-likeness (QED) is 0.586. The number of benzene rings is 1. The molecule has 0 heterocycles. The first-order valence-electron chi connectivity index (χ1n) is 6.00. The van der Waals surface area contributed by atoms with E-state index in [2.05, 4.69) is 10.6 Å². The minimum absolute atomic E-state index is 0.497. The maximum atomic E-state index is 5.27. The summed E-state index contributed by atoms with van der Waals surface area (Å²) in [6.07, 6.45) is 0. The molecule has 0 saturated heterocycles. The molecule has 0 saturated carbocycles. The van der Waals surface area contributed by atoms with E-state index in [9.17, 15) is 0 Å². The molecule has 0 unspecified atom stereocenters. The second-order valence-corrected chi connectivity index (χ2v) is 4.20. The van der Waals surface area contributed by atoms with E-state index >= 15 is 0 Å².